The molecule has 2 rings (SSSR count). The minimum absolute atomic E-state index is 0.0242. The van der Waals surface area contributed by atoms with Gasteiger partial charge in [-0.25, -0.2) is 4.98 Å². The molecule has 1 fully saturated rings. The highest BCUT2D eigenvalue weighted by atomic mass is 16.4. The van der Waals surface area contributed by atoms with Gasteiger partial charge in [-0.1, -0.05) is 32.1 Å². The second-order valence-electron chi connectivity index (χ2n) is 4.97. The van der Waals surface area contributed by atoms with E-state index in [9.17, 15) is 4.79 Å². The molecule has 4 nitrogen and oxygen atoms in total. The zero-order valence-corrected chi connectivity index (χ0v) is 10.1. The van der Waals surface area contributed by atoms with E-state index in [2.05, 4.69) is 4.98 Å². The Kier molecular flexibility index (Phi) is 4.18. The minimum Gasteiger partial charge on any atom is -0.481 e. The Balaban J connectivity index is 1.78. The fourth-order valence-corrected chi connectivity index (χ4v) is 2.58. The van der Waals surface area contributed by atoms with Gasteiger partial charge in [0.2, 0.25) is 0 Å². The molecule has 0 aliphatic heterocycles. The van der Waals surface area contributed by atoms with Gasteiger partial charge in [-0.05, 0) is 12.3 Å². The molecule has 1 aliphatic carbocycles. The third-order valence-corrected chi connectivity index (χ3v) is 3.54. The van der Waals surface area contributed by atoms with E-state index in [4.69, 9.17) is 5.11 Å². The lowest BCUT2D eigenvalue weighted by Crippen LogP contribution is -2.09. The zero-order chi connectivity index (χ0) is 12.1. The summed E-state index contributed by atoms with van der Waals surface area (Å²) in [4.78, 5) is 14.6. The number of carbonyl (C=O) groups is 1. The van der Waals surface area contributed by atoms with Crippen molar-refractivity contribution in [2.45, 2.75) is 51.5 Å². The number of imidazole rings is 1. The van der Waals surface area contributed by atoms with Crippen molar-refractivity contribution in [3.8, 4) is 0 Å². The number of carboxylic acid groups (broad SMARTS) is 1. The van der Waals surface area contributed by atoms with E-state index in [1.807, 2.05) is 10.8 Å². The summed E-state index contributed by atoms with van der Waals surface area (Å²) in [6.45, 7) is 0.970. The van der Waals surface area contributed by atoms with Gasteiger partial charge in [0.15, 0.2) is 0 Å². The van der Waals surface area contributed by atoms with Gasteiger partial charge < -0.3 is 9.67 Å². The topological polar surface area (TPSA) is 55.1 Å². The van der Waals surface area contributed by atoms with Crippen LogP contribution in [0.15, 0.2) is 12.5 Å². The maximum atomic E-state index is 10.5. The van der Waals surface area contributed by atoms with Crippen LogP contribution in [0.1, 0.15) is 44.2 Å². The molecule has 17 heavy (non-hydrogen) atoms. The van der Waals surface area contributed by atoms with Gasteiger partial charge >= 0.3 is 5.97 Å². The zero-order valence-electron chi connectivity index (χ0n) is 10.1. The second-order valence-corrected chi connectivity index (χ2v) is 4.97. The predicted molar refractivity (Wildman–Crippen MR) is 64.8 cm³/mol. The number of hydrogen-bond acceptors (Lipinski definition) is 2. The fraction of sp³-hybridized carbons (Fsp3) is 0.692. The first kappa shape index (κ1) is 12.1. The first-order valence-corrected chi connectivity index (χ1v) is 6.46. The quantitative estimate of drug-likeness (QED) is 0.854. The fourth-order valence-electron chi connectivity index (χ4n) is 2.58. The lowest BCUT2D eigenvalue weighted by atomic mass is 9.87. The van der Waals surface area contributed by atoms with Crippen LogP contribution in [0, 0.1) is 5.92 Å². The Morgan fingerprint density at radius 1 is 1.41 bits per heavy atom. The monoisotopic (exact) mass is 236 g/mol. The molecule has 0 spiro atoms. The summed E-state index contributed by atoms with van der Waals surface area (Å²) in [6, 6.07) is 0. The van der Waals surface area contributed by atoms with E-state index in [-0.39, 0.29) is 6.42 Å². The molecule has 0 bridgehead atoms. The molecule has 1 aromatic rings. The Morgan fingerprint density at radius 2 is 2.18 bits per heavy atom. The van der Waals surface area contributed by atoms with Crippen molar-refractivity contribution in [2.24, 2.45) is 5.92 Å². The van der Waals surface area contributed by atoms with Crippen molar-refractivity contribution in [3.63, 3.8) is 0 Å². The minimum atomic E-state index is -0.817. The first-order valence-electron chi connectivity index (χ1n) is 6.46. The molecule has 1 aromatic heterocycles. The molecule has 4 heteroatoms. The number of rotatable bonds is 5. The van der Waals surface area contributed by atoms with E-state index in [1.54, 1.807) is 6.33 Å². The highest BCUT2D eigenvalue weighted by molar-refractivity contribution is 5.69. The van der Waals surface area contributed by atoms with Gasteiger partial charge in [0.05, 0.1) is 18.4 Å². The van der Waals surface area contributed by atoms with E-state index in [0.29, 0.717) is 5.69 Å². The molecule has 1 saturated carbocycles. The lowest BCUT2D eigenvalue weighted by Gasteiger charge is -2.21. The molecule has 1 N–H and O–H groups in total. The Bertz CT molecular complexity index is 367. The smallest absolute Gasteiger partial charge is 0.309 e. The highest BCUT2D eigenvalue weighted by Gasteiger charge is 2.13. The van der Waals surface area contributed by atoms with Crippen LogP contribution in [0.4, 0.5) is 0 Å². The van der Waals surface area contributed by atoms with Crippen LogP contribution in [0.5, 0.6) is 0 Å². The van der Waals surface area contributed by atoms with Crippen LogP contribution in [0.2, 0.25) is 0 Å². The number of aryl methyl sites for hydroxylation is 1. The summed E-state index contributed by atoms with van der Waals surface area (Å²) in [5, 5.41) is 8.66. The van der Waals surface area contributed by atoms with Crippen LogP contribution in [-0.2, 0) is 17.8 Å². The summed E-state index contributed by atoms with van der Waals surface area (Å²) in [7, 11) is 0. The second kappa shape index (κ2) is 5.84. The van der Waals surface area contributed by atoms with E-state index in [1.165, 1.54) is 38.5 Å². The largest absolute Gasteiger partial charge is 0.481 e. The number of aromatic nitrogens is 2. The third kappa shape index (κ3) is 3.88. The van der Waals surface area contributed by atoms with E-state index < -0.39 is 5.97 Å². The Hall–Kier alpha value is -1.32. The molecular weight excluding hydrogens is 216 g/mol. The molecule has 0 unspecified atom stereocenters. The summed E-state index contributed by atoms with van der Waals surface area (Å²) in [6.07, 6.45) is 11.7. The van der Waals surface area contributed by atoms with Crippen LogP contribution in [-0.4, -0.2) is 20.6 Å². The van der Waals surface area contributed by atoms with Crippen LogP contribution in [0.3, 0.4) is 0 Å². The third-order valence-electron chi connectivity index (χ3n) is 3.54. The van der Waals surface area contributed by atoms with E-state index >= 15 is 0 Å². The summed E-state index contributed by atoms with van der Waals surface area (Å²) in [5.41, 5.74) is 0.654. The molecule has 1 heterocycles. The molecule has 0 atom stereocenters. The number of hydrogen-bond donors (Lipinski definition) is 1. The SMILES string of the molecule is O=C(O)Cc1cn(CCC2CCCCC2)cn1. The molecule has 94 valence electrons. The highest BCUT2D eigenvalue weighted by Crippen LogP contribution is 2.26. The van der Waals surface area contributed by atoms with Crippen molar-refractivity contribution in [3.05, 3.63) is 18.2 Å². The van der Waals surface area contributed by atoms with Crippen LogP contribution < -0.4 is 0 Å². The van der Waals surface area contributed by atoms with Crippen molar-refractivity contribution in [1.82, 2.24) is 9.55 Å². The predicted octanol–water partition coefficient (Wildman–Crippen LogP) is 2.48. The molecule has 1 aliphatic rings. The van der Waals surface area contributed by atoms with Gasteiger partial charge in [-0.3, -0.25) is 4.79 Å². The number of nitrogens with zero attached hydrogens (tertiary/aromatic N) is 2. The van der Waals surface area contributed by atoms with Gasteiger partial charge in [0.25, 0.3) is 0 Å². The van der Waals surface area contributed by atoms with Crippen molar-refractivity contribution in [2.75, 3.05) is 0 Å². The van der Waals surface area contributed by atoms with Gasteiger partial charge in [-0.15, -0.1) is 0 Å². The van der Waals surface area contributed by atoms with Crippen LogP contribution in [0.25, 0.3) is 0 Å². The average molecular weight is 236 g/mol. The molecular formula is C13H20N2O2. The van der Waals surface area contributed by atoms with Crippen molar-refractivity contribution in [1.29, 1.82) is 0 Å². The van der Waals surface area contributed by atoms with Crippen LogP contribution >= 0.6 is 0 Å². The summed E-state index contributed by atoms with van der Waals surface area (Å²) >= 11 is 0. The van der Waals surface area contributed by atoms with Gasteiger partial charge in [0.1, 0.15) is 0 Å². The average Bonchev–Trinajstić information content (AvgIpc) is 2.75. The Morgan fingerprint density at radius 3 is 2.88 bits per heavy atom. The molecule has 0 saturated heterocycles. The maximum Gasteiger partial charge on any atom is 0.309 e. The maximum absolute atomic E-state index is 10.5. The summed E-state index contributed by atoms with van der Waals surface area (Å²) < 4.78 is 2.02. The molecule has 0 amide bonds. The Labute approximate surface area is 102 Å². The number of carboxylic acids is 1. The standard InChI is InChI=1S/C13H20N2O2/c16-13(17)8-12-9-15(10-14-12)7-6-11-4-2-1-3-5-11/h9-11H,1-8H2,(H,16,17). The molecule has 0 aromatic carbocycles. The van der Waals surface area contributed by atoms with Gasteiger partial charge in [0, 0.05) is 12.7 Å². The normalized spacial score (nSPS) is 17.2. The van der Waals surface area contributed by atoms with Gasteiger partial charge in [-0.2, -0.15) is 0 Å². The first-order chi connectivity index (χ1) is 8.24. The van der Waals surface area contributed by atoms with E-state index in [0.717, 1.165) is 12.5 Å². The molecule has 0 radical (unpaired) electrons. The number of aliphatic carboxylic acids is 1. The van der Waals surface area contributed by atoms with Crippen molar-refractivity contribution < 1.29 is 9.90 Å². The summed E-state index contributed by atoms with van der Waals surface area (Å²) in [5.74, 6) is 0.0385. The van der Waals surface area contributed by atoms with Crippen molar-refractivity contribution >= 4 is 5.97 Å². The lowest BCUT2D eigenvalue weighted by molar-refractivity contribution is -0.136.